The highest BCUT2D eigenvalue weighted by Gasteiger charge is 2.26. The smallest absolute Gasteiger partial charge is 0.335 e. The number of non-ortho nitro benzene ring substituents is 1. The van der Waals surface area contributed by atoms with Gasteiger partial charge in [-0.05, 0) is 23.8 Å². The lowest BCUT2D eigenvalue weighted by Gasteiger charge is -2.35. The lowest BCUT2D eigenvalue weighted by Crippen LogP contribution is -2.51. The maximum absolute atomic E-state index is 12.6. The van der Waals surface area contributed by atoms with Crippen molar-refractivity contribution in [3.63, 3.8) is 0 Å². The molecule has 1 aliphatic rings. The second-order valence-corrected chi connectivity index (χ2v) is 6.62. The van der Waals surface area contributed by atoms with Gasteiger partial charge in [0.1, 0.15) is 0 Å². The van der Waals surface area contributed by atoms with E-state index in [0.717, 1.165) is 0 Å². The zero-order chi connectivity index (χ0) is 21.0. The summed E-state index contributed by atoms with van der Waals surface area (Å²) in [7, 11) is 0. The number of amides is 2. The first-order valence-corrected chi connectivity index (χ1v) is 8.99. The fourth-order valence-corrected chi connectivity index (χ4v) is 3.23. The van der Waals surface area contributed by atoms with E-state index in [1.54, 1.807) is 28.0 Å². The van der Waals surface area contributed by atoms with Crippen molar-refractivity contribution in [1.29, 1.82) is 0 Å². The van der Waals surface area contributed by atoms with Crippen LogP contribution in [0.2, 0.25) is 0 Å². The third kappa shape index (κ3) is 4.57. The van der Waals surface area contributed by atoms with Crippen molar-refractivity contribution in [3.8, 4) is 0 Å². The summed E-state index contributed by atoms with van der Waals surface area (Å²) in [5.41, 5.74) is 0.826. The molecule has 0 radical (unpaired) electrons. The van der Waals surface area contributed by atoms with Crippen molar-refractivity contribution < 1.29 is 24.4 Å². The van der Waals surface area contributed by atoms with Crippen LogP contribution in [0.3, 0.4) is 0 Å². The van der Waals surface area contributed by atoms with Gasteiger partial charge < -0.3 is 14.9 Å². The van der Waals surface area contributed by atoms with E-state index in [9.17, 15) is 29.6 Å². The number of nitro groups is 1. The van der Waals surface area contributed by atoms with Gasteiger partial charge >= 0.3 is 5.97 Å². The molecule has 0 saturated carbocycles. The van der Waals surface area contributed by atoms with Gasteiger partial charge in [0, 0.05) is 43.9 Å². The number of hydrogen-bond donors (Lipinski definition) is 1. The lowest BCUT2D eigenvalue weighted by molar-refractivity contribution is -0.384. The number of carboxylic acid groups (broad SMARTS) is 1. The number of hydrogen-bond acceptors (Lipinski definition) is 5. The largest absolute Gasteiger partial charge is 0.478 e. The van der Waals surface area contributed by atoms with Gasteiger partial charge in [-0.1, -0.05) is 18.2 Å². The molecule has 0 spiro atoms. The summed E-state index contributed by atoms with van der Waals surface area (Å²) in [6.07, 6.45) is -0.0151. The molecular weight excluding hydrogens is 378 g/mol. The van der Waals surface area contributed by atoms with E-state index in [1.165, 1.54) is 30.3 Å². The third-order valence-electron chi connectivity index (χ3n) is 4.83. The zero-order valence-electron chi connectivity index (χ0n) is 15.5. The number of carboxylic acids is 1. The Bertz CT molecular complexity index is 949. The van der Waals surface area contributed by atoms with Crippen molar-refractivity contribution in [2.45, 2.75) is 6.42 Å². The van der Waals surface area contributed by atoms with Gasteiger partial charge in [-0.25, -0.2) is 4.79 Å². The van der Waals surface area contributed by atoms with Crippen molar-refractivity contribution in [3.05, 3.63) is 75.3 Å². The Balaban J connectivity index is 1.58. The second-order valence-electron chi connectivity index (χ2n) is 6.62. The minimum Gasteiger partial charge on any atom is -0.478 e. The molecule has 29 heavy (non-hydrogen) atoms. The summed E-state index contributed by atoms with van der Waals surface area (Å²) in [5, 5.41) is 19.9. The molecule has 0 aromatic heterocycles. The molecule has 0 atom stereocenters. The molecule has 1 aliphatic heterocycles. The van der Waals surface area contributed by atoms with Gasteiger partial charge in [-0.15, -0.1) is 0 Å². The topological polar surface area (TPSA) is 121 Å². The minimum atomic E-state index is -1.08. The molecule has 0 bridgehead atoms. The molecule has 9 heteroatoms. The number of rotatable bonds is 5. The fourth-order valence-electron chi connectivity index (χ4n) is 3.23. The van der Waals surface area contributed by atoms with Gasteiger partial charge in [-0.3, -0.25) is 19.7 Å². The first-order chi connectivity index (χ1) is 13.9. The quantitative estimate of drug-likeness (QED) is 0.607. The molecule has 1 fully saturated rings. The highest BCUT2D eigenvalue weighted by Crippen LogP contribution is 2.16. The van der Waals surface area contributed by atoms with Crippen molar-refractivity contribution >= 4 is 23.5 Å². The number of carbonyl (C=O) groups excluding carboxylic acids is 2. The van der Waals surface area contributed by atoms with Crippen LogP contribution >= 0.6 is 0 Å². The molecule has 0 unspecified atom stereocenters. The lowest BCUT2D eigenvalue weighted by atomic mass is 10.0. The summed E-state index contributed by atoms with van der Waals surface area (Å²) in [5.74, 6) is -1.52. The molecule has 1 N–H and O–H groups in total. The molecular formula is C20H19N3O6. The molecule has 2 amide bonds. The average Bonchev–Trinajstić information content (AvgIpc) is 2.73. The van der Waals surface area contributed by atoms with Crippen molar-refractivity contribution in [2.75, 3.05) is 26.2 Å². The second kappa shape index (κ2) is 8.51. The van der Waals surface area contributed by atoms with E-state index in [0.29, 0.717) is 37.3 Å². The molecule has 3 rings (SSSR count). The van der Waals surface area contributed by atoms with E-state index < -0.39 is 10.9 Å². The maximum Gasteiger partial charge on any atom is 0.335 e. The molecule has 150 valence electrons. The monoisotopic (exact) mass is 397 g/mol. The van der Waals surface area contributed by atoms with E-state index in [1.807, 2.05) is 0 Å². The summed E-state index contributed by atoms with van der Waals surface area (Å²) in [4.78, 5) is 49.8. The predicted molar refractivity (Wildman–Crippen MR) is 103 cm³/mol. The number of benzene rings is 2. The average molecular weight is 397 g/mol. The number of piperazine rings is 1. The van der Waals surface area contributed by atoms with Crippen molar-refractivity contribution in [2.24, 2.45) is 0 Å². The third-order valence-corrected chi connectivity index (χ3v) is 4.83. The van der Waals surface area contributed by atoms with Crippen LogP contribution in [0.1, 0.15) is 26.3 Å². The highest BCUT2D eigenvalue weighted by molar-refractivity contribution is 5.95. The van der Waals surface area contributed by atoms with Crippen LogP contribution < -0.4 is 0 Å². The number of aromatic carboxylic acids is 1. The van der Waals surface area contributed by atoms with Crippen LogP contribution in [0.25, 0.3) is 0 Å². The Hall–Kier alpha value is -3.75. The van der Waals surface area contributed by atoms with Crippen LogP contribution in [0.4, 0.5) is 5.69 Å². The minimum absolute atomic E-state index is 0.0151. The van der Waals surface area contributed by atoms with Crippen molar-refractivity contribution in [1.82, 2.24) is 9.80 Å². The van der Waals surface area contributed by atoms with E-state index in [2.05, 4.69) is 0 Å². The summed E-state index contributed by atoms with van der Waals surface area (Å²) >= 11 is 0. The molecule has 1 heterocycles. The van der Waals surface area contributed by atoms with Gasteiger partial charge in [0.05, 0.1) is 16.9 Å². The van der Waals surface area contributed by atoms with Crippen LogP contribution in [-0.2, 0) is 11.2 Å². The zero-order valence-corrected chi connectivity index (χ0v) is 15.5. The molecule has 9 nitrogen and oxygen atoms in total. The van der Waals surface area contributed by atoms with Crippen LogP contribution in [0, 0.1) is 10.1 Å². The maximum atomic E-state index is 12.6. The molecule has 0 aliphatic carbocycles. The molecule has 2 aromatic carbocycles. The first-order valence-electron chi connectivity index (χ1n) is 8.99. The number of nitrogens with zero attached hydrogens (tertiary/aromatic N) is 3. The SMILES string of the molecule is O=C(O)c1ccccc1CC(=O)N1CCN(C(=O)c2ccc([N+](=O)[O-])cc2)CC1. The molecule has 2 aromatic rings. The standard InChI is InChI=1S/C20H19N3O6/c24-18(13-15-3-1-2-4-17(15)20(26)27)21-9-11-22(12-10-21)19(25)14-5-7-16(8-6-14)23(28)29/h1-8H,9-13H2,(H,26,27). The van der Waals surface area contributed by atoms with Crippen LogP contribution in [-0.4, -0.2) is 63.8 Å². The van der Waals surface area contributed by atoms with Gasteiger partial charge in [0.25, 0.3) is 11.6 Å². The van der Waals surface area contributed by atoms with Crippen LogP contribution in [0.5, 0.6) is 0 Å². The predicted octanol–water partition coefficient (Wildman–Crippen LogP) is 1.82. The Morgan fingerprint density at radius 1 is 0.931 bits per heavy atom. The first kappa shape index (κ1) is 20.0. The molecule has 1 saturated heterocycles. The van der Waals surface area contributed by atoms with E-state index >= 15 is 0 Å². The van der Waals surface area contributed by atoms with Crippen LogP contribution in [0.15, 0.2) is 48.5 Å². The Kier molecular flexibility index (Phi) is 5.87. The Labute approximate surface area is 166 Å². The van der Waals surface area contributed by atoms with Gasteiger partial charge in [0.15, 0.2) is 0 Å². The Morgan fingerprint density at radius 3 is 2.10 bits per heavy atom. The normalized spacial score (nSPS) is 13.8. The summed E-state index contributed by atoms with van der Waals surface area (Å²) in [6.45, 7) is 1.35. The summed E-state index contributed by atoms with van der Waals surface area (Å²) in [6, 6.07) is 11.8. The number of nitro benzene ring substituents is 1. The van der Waals surface area contributed by atoms with E-state index in [-0.39, 0.29) is 29.5 Å². The number of carbonyl (C=O) groups is 3. The highest BCUT2D eigenvalue weighted by atomic mass is 16.6. The fraction of sp³-hybridized carbons (Fsp3) is 0.250. The van der Waals surface area contributed by atoms with E-state index in [4.69, 9.17) is 0 Å². The van der Waals surface area contributed by atoms with Gasteiger partial charge in [-0.2, -0.15) is 0 Å². The Morgan fingerprint density at radius 2 is 1.52 bits per heavy atom. The summed E-state index contributed by atoms with van der Waals surface area (Å²) < 4.78 is 0. The van der Waals surface area contributed by atoms with Gasteiger partial charge in [0.2, 0.25) is 5.91 Å².